The van der Waals surface area contributed by atoms with E-state index in [4.69, 9.17) is 4.74 Å². The van der Waals surface area contributed by atoms with E-state index in [1.807, 2.05) is 22.6 Å². The zero-order valence-electron chi connectivity index (χ0n) is 7.51. The minimum atomic E-state index is -4.41. The molecule has 6 heteroatoms. The summed E-state index contributed by atoms with van der Waals surface area (Å²) in [5.74, 6) is 0.278. The topological polar surface area (TPSA) is 22.1 Å². The van der Waals surface area contributed by atoms with Crippen LogP contribution in [0, 0.1) is 3.57 Å². The molecule has 1 heterocycles. The van der Waals surface area contributed by atoms with Gasteiger partial charge >= 0.3 is 6.18 Å². The van der Waals surface area contributed by atoms with Gasteiger partial charge in [-0.25, -0.2) is 0 Å². The minimum absolute atomic E-state index is 0.0852. The van der Waals surface area contributed by atoms with Gasteiger partial charge in [0, 0.05) is 12.3 Å². The monoisotopic (exact) mass is 329 g/mol. The molecule has 0 saturated heterocycles. The van der Waals surface area contributed by atoms with E-state index in [1.54, 1.807) is 0 Å². The van der Waals surface area contributed by atoms with Gasteiger partial charge in [-0.15, -0.1) is 0 Å². The Morgan fingerprint density at radius 3 is 2.60 bits per heavy atom. The molecular formula is C9H7F3INO. The average molecular weight is 329 g/mol. The number of aromatic nitrogens is 1. The van der Waals surface area contributed by atoms with Crippen LogP contribution in [0.5, 0.6) is 5.75 Å². The van der Waals surface area contributed by atoms with Crippen molar-refractivity contribution >= 4 is 22.6 Å². The van der Waals surface area contributed by atoms with Crippen LogP contribution in [0.1, 0.15) is 18.5 Å². The molecular weight excluding hydrogens is 322 g/mol. The predicted molar refractivity (Wildman–Crippen MR) is 55.6 cm³/mol. The Balaban J connectivity index is 2.27. The lowest BCUT2D eigenvalue weighted by Gasteiger charge is -2.10. The van der Waals surface area contributed by atoms with Gasteiger partial charge in [0.05, 0.1) is 9.67 Å². The van der Waals surface area contributed by atoms with Gasteiger partial charge in [0.2, 0.25) is 0 Å². The van der Waals surface area contributed by atoms with Gasteiger partial charge in [-0.05, 0) is 35.4 Å². The van der Waals surface area contributed by atoms with Crippen LogP contribution in [0.15, 0.2) is 12.3 Å². The fourth-order valence-electron chi connectivity index (χ4n) is 1.03. The Kier molecular flexibility index (Phi) is 2.78. The maximum Gasteiger partial charge on any atom is 0.433 e. The second-order valence-corrected chi connectivity index (χ2v) is 4.48. The first kappa shape index (κ1) is 11.0. The van der Waals surface area contributed by atoms with Gasteiger partial charge in [0.15, 0.2) is 0 Å². The standard InChI is InChI=1S/C9H7F3INO/c10-9(11,12)8-3-7(6(13)4-14-8)15-5-1-2-5/h3-5H,1-2H2. The highest BCUT2D eigenvalue weighted by Crippen LogP contribution is 2.34. The molecule has 0 radical (unpaired) electrons. The number of nitrogens with zero attached hydrogens (tertiary/aromatic N) is 1. The van der Waals surface area contributed by atoms with Gasteiger partial charge in [-0.3, -0.25) is 4.98 Å². The van der Waals surface area contributed by atoms with E-state index < -0.39 is 11.9 Å². The van der Waals surface area contributed by atoms with Crippen molar-refractivity contribution in [3.63, 3.8) is 0 Å². The van der Waals surface area contributed by atoms with Crippen LogP contribution in [0.2, 0.25) is 0 Å². The van der Waals surface area contributed by atoms with Gasteiger partial charge in [-0.2, -0.15) is 13.2 Å². The van der Waals surface area contributed by atoms with E-state index in [0.717, 1.165) is 18.9 Å². The fraction of sp³-hybridized carbons (Fsp3) is 0.444. The number of alkyl halides is 3. The molecule has 0 atom stereocenters. The molecule has 0 amide bonds. The smallest absolute Gasteiger partial charge is 0.433 e. The molecule has 1 fully saturated rings. The number of hydrogen-bond donors (Lipinski definition) is 0. The highest BCUT2D eigenvalue weighted by Gasteiger charge is 2.34. The molecule has 0 N–H and O–H groups in total. The Hall–Kier alpha value is -0.530. The summed E-state index contributed by atoms with van der Waals surface area (Å²) in [6, 6.07) is 0.958. The lowest BCUT2D eigenvalue weighted by molar-refractivity contribution is -0.141. The van der Waals surface area contributed by atoms with Gasteiger partial charge in [-0.1, -0.05) is 0 Å². The molecule has 0 spiro atoms. The summed E-state index contributed by atoms with van der Waals surface area (Å²) in [6.45, 7) is 0. The number of ether oxygens (including phenoxy) is 1. The molecule has 1 saturated carbocycles. The third-order valence-electron chi connectivity index (χ3n) is 1.93. The molecule has 0 bridgehead atoms. The quantitative estimate of drug-likeness (QED) is 0.777. The maximum atomic E-state index is 12.3. The zero-order valence-corrected chi connectivity index (χ0v) is 9.67. The van der Waals surface area contributed by atoms with Crippen molar-refractivity contribution in [3.05, 3.63) is 21.5 Å². The summed E-state index contributed by atoms with van der Waals surface area (Å²) in [5.41, 5.74) is -0.904. The molecule has 2 nitrogen and oxygen atoms in total. The molecule has 1 aromatic heterocycles. The first-order valence-electron chi connectivity index (χ1n) is 4.36. The van der Waals surface area contributed by atoms with E-state index in [9.17, 15) is 13.2 Å². The van der Waals surface area contributed by atoms with Gasteiger partial charge < -0.3 is 4.74 Å². The van der Waals surface area contributed by atoms with Crippen molar-refractivity contribution < 1.29 is 17.9 Å². The Morgan fingerprint density at radius 2 is 2.07 bits per heavy atom. The molecule has 82 valence electrons. The maximum absolute atomic E-state index is 12.3. The molecule has 0 unspecified atom stereocenters. The van der Waals surface area contributed by atoms with Crippen molar-refractivity contribution in [3.8, 4) is 5.75 Å². The summed E-state index contributed by atoms with van der Waals surface area (Å²) >= 11 is 1.91. The van der Waals surface area contributed by atoms with Gasteiger partial charge in [0.1, 0.15) is 11.4 Å². The molecule has 0 aromatic carbocycles. The summed E-state index contributed by atoms with van der Waals surface area (Å²) in [7, 11) is 0. The number of pyridine rings is 1. The third kappa shape index (κ3) is 2.73. The largest absolute Gasteiger partial charge is 0.489 e. The third-order valence-corrected chi connectivity index (χ3v) is 2.74. The van der Waals surface area contributed by atoms with E-state index in [-0.39, 0.29) is 11.9 Å². The second-order valence-electron chi connectivity index (χ2n) is 3.31. The molecule has 1 aromatic rings. The molecule has 2 rings (SSSR count). The summed E-state index contributed by atoms with van der Waals surface area (Å²) in [5, 5.41) is 0. The van der Waals surface area contributed by atoms with Crippen LogP contribution in [0.4, 0.5) is 13.2 Å². The number of halogens is 4. The van der Waals surface area contributed by atoms with Crippen molar-refractivity contribution in [2.45, 2.75) is 25.1 Å². The molecule has 1 aliphatic carbocycles. The van der Waals surface area contributed by atoms with Crippen LogP contribution in [-0.4, -0.2) is 11.1 Å². The van der Waals surface area contributed by atoms with E-state index in [2.05, 4.69) is 4.98 Å². The Morgan fingerprint density at radius 1 is 1.40 bits per heavy atom. The predicted octanol–water partition coefficient (Wildman–Crippen LogP) is 3.25. The van der Waals surface area contributed by atoms with Crippen molar-refractivity contribution in [2.75, 3.05) is 0 Å². The van der Waals surface area contributed by atoms with E-state index in [0.29, 0.717) is 3.57 Å². The fourth-order valence-corrected chi connectivity index (χ4v) is 1.45. The van der Waals surface area contributed by atoms with Crippen LogP contribution < -0.4 is 4.74 Å². The second kappa shape index (κ2) is 3.80. The van der Waals surface area contributed by atoms with Crippen LogP contribution in [0.25, 0.3) is 0 Å². The van der Waals surface area contributed by atoms with Crippen molar-refractivity contribution in [2.24, 2.45) is 0 Å². The highest BCUT2D eigenvalue weighted by molar-refractivity contribution is 14.1. The number of rotatable bonds is 2. The first-order chi connectivity index (χ1) is 6.97. The van der Waals surface area contributed by atoms with Gasteiger partial charge in [0.25, 0.3) is 0 Å². The highest BCUT2D eigenvalue weighted by atomic mass is 127. The Labute approximate surface area is 98.0 Å². The zero-order chi connectivity index (χ0) is 11.1. The lowest BCUT2D eigenvalue weighted by Crippen LogP contribution is -2.09. The average Bonchev–Trinajstić information content (AvgIpc) is 2.90. The Bertz CT molecular complexity index is 376. The van der Waals surface area contributed by atoms with Crippen molar-refractivity contribution in [1.82, 2.24) is 4.98 Å². The summed E-state index contributed by atoms with van der Waals surface area (Å²) in [4.78, 5) is 3.33. The first-order valence-corrected chi connectivity index (χ1v) is 5.44. The minimum Gasteiger partial charge on any atom is -0.489 e. The molecule has 0 aliphatic heterocycles. The van der Waals surface area contributed by atoms with E-state index in [1.165, 1.54) is 6.20 Å². The summed E-state index contributed by atoms with van der Waals surface area (Å²) < 4.78 is 42.9. The molecule has 15 heavy (non-hydrogen) atoms. The van der Waals surface area contributed by atoms with E-state index >= 15 is 0 Å². The molecule has 1 aliphatic rings. The van der Waals surface area contributed by atoms with Crippen LogP contribution in [0.3, 0.4) is 0 Å². The van der Waals surface area contributed by atoms with Crippen LogP contribution >= 0.6 is 22.6 Å². The van der Waals surface area contributed by atoms with Crippen LogP contribution in [-0.2, 0) is 6.18 Å². The number of hydrogen-bond acceptors (Lipinski definition) is 2. The SMILES string of the molecule is FC(F)(F)c1cc(OC2CC2)c(I)cn1. The normalized spacial score (nSPS) is 16.5. The summed E-state index contributed by atoms with van der Waals surface area (Å²) in [6.07, 6.45) is -1.31. The van der Waals surface area contributed by atoms with Crippen molar-refractivity contribution in [1.29, 1.82) is 0 Å². The lowest BCUT2D eigenvalue weighted by atomic mass is 10.3.